The summed E-state index contributed by atoms with van der Waals surface area (Å²) in [5.74, 6) is -0.836. The van der Waals surface area contributed by atoms with Gasteiger partial charge in [0, 0.05) is 12.1 Å². The predicted octanol–water partition coefficient (Wildman–Crippen LogP) is 3.10. The molecule has 6 nitrogen and oxygen atoms in total. The van der Waals surface area contributed by atoms with Crippen molar-refractivity contribution in [2.45, 2.75) is 50.9 Å². The van der Waals surface area contributed by atoms with Gasteiger partial charge in [-0.2, -0.15) is 0 Å². The predicted molar refractivity (Wildman–Crippen MR) is 115 cm³/mol. The first-order valence-corrected chi connectivity index (χ1v) is 11.1. The van der Waals surface area contributed by atoms with E-state index in [2.05, 4.69) is 19.2 Å². The lowest BCUT2D eigenvalue weighted by molar-refractivity contribution is -0.289. The number of hydrogen-bond donors (Lipinski definition) is 4. The fourth-order valence-corrected chi connectivity index (χ4v) is 6.02. The van der Waals surface area contributed by atoms with Crippen molar-refractivity contribution >= 4 is 5.91 Å². The van der Waals surface area contributed by atoms with Crippen LogP contribution in [0.1, 0.15) is 54.3 Å². The Morgan fingerprint density at radius 3 is 2.69 bits per heavy atom. The highest BCUT2D eigenvalue weighted by molar-refractivity contribution is 6.00. The van der Waals surface area contributed by atoms with Gasteiger partial charge in [0.1, 0.15) is 40.7 Å². The first-order valence-electron chi connectivity index (χ1n) is 11.1. The van der Waals surface area contributed by atoms with Gasteiger partial charge in [0.15, 0.2) is 0 Å². The maximum atomic E-state index is 13.8. The Balaban J connectivity index is 1.41. The van der Waals surface area contributed by atoms with E-state index in [1.54, 1.807) is 18.2 Å². The number of ether oxygens (including phenoxy) is 1. The molecule has 3 saturated carbocycles. The van der Waals surface area contributed by atoms with E-state index in [0.29, 0.717) is 29.9 Å². The molecule has 6 rings (SSSR count). The molecule has 2 bridgehead atoms. The third-order valence-corrected chi connectivity index (χ3v) is 8.07. The lowest BCUT2D eigenvalue weighted by atomic mass is 9.42. The Kier molecular flexibility index (Phi) is 4.76. The van der Waals surface area contributed by atoms with Crippen LogP contribution in [0.4, 0.5) is 4.39 Å². The zero-order valence-electron chi connectivity index (χ0n) is 18.1. The van der Waals surface area contributed by atoms with Crippen LogP contribution in [0.25, 0.3) is 0 Å². The summed E-state index contributed by atoms with van der Waals surface area (Å²) in [6.45, 7) is 4.37. The SMILES string of the molecule is CC1(C)[C@@H]2C[C@H]1[C@@]1(O)[C@@H](C2)Oc2c(ccc(O)c2C(=O)NCCc2ccccc2F)[C@@H]1O. The Morgan fingerprint density at radius 2 is 1.97 bits per heavy atom. The smallest absolute Gasteiger partial charge is 0.258 e. The Hall–Kier alpha value is -2.64. The van der Waals surface area contributed by atoms with E-state index in [0.717, 1.165) is 6.42 Å². The van der Waals surface area contributed by atoms with Gasteiger partial charge >= 0.3 is 0 Å². The molecule has 32 heavy (non-hydrogen) atoms. The van der Waals surface area contributed by atoms with Crippen molar-refractivity contribution in [1.82, 2.24) is 5.32 Å². The van der Waals surface area contributed by atoms with Gasteiger partial charge in [0.25, 0.3) is 5.91 Å². The first kappa shape index (κ1) is 21.2. The number of carbonyl (C=O) groups excluding carboxylic acids is 1. The number of halogens is 1. The average Bonchev–Trinajstić information content (AvgIpc) is 2.75. The number of carbonyl (C=O) groups is 1. The topological polar surface area (TPSA) is 99.0 Å². The largest absolute Gasteiger partial charge is 0.507 e. The number of hydrogen-bond acceptors (Lipinski definition) is 5. The summed E-state index contributed by atoms with van der Waals surface area (Å²) in [5.41, 5.74) is -0.844. The fraction of sp³-hybridized carbons (Fsp3) is 0.480. The van der Waals surface area contributed by atoms with E-state index < -0.39 is 23.7 Å². The molecule has 4 aliphatic rings. The zero-order valence-corrected chi connectivity index (χ0v) is 18.1. The van der Waals surface area contributed by atoms with Crippen molar-refractivity contribution in [3.05, 3.63) is 58.9 Å². The first-order chi connectivity index (χ1) is 15.2. The lowest BCUT2D eigenvalue weighted by Gasteiger charge is -2.67. The number of aromatic hydroxyl groups is 1. The Bertz CT molecular complexity index is 1090. The summed E-state index contributed by atoms with van der Waals surface area (Å²) >= 11 is 0. The third kappa shape index (κ3) is 2.87. The van der Waals surface area contributed by atoms with Crippen LogP contribution in [0.15, 0.2) is 36.4 Å². The van der Waals surface area contributed by atoms with Crippen LogP contribution in [0.3, 0.4) is 0 Å². The van der Waals surface area contributed by atoms with E-state index in [1.807, 2.05) is 0 Å². The Morgan fingerprint density at radius 1 is 1.22 bits per heavy atom. The molecule has 5 atom stereocenters. The number of nitrogens with one attached hydrogen (secondary N) is 1. The van der Waals surface area contributed by atoms with Crippen molar-refractivity contribution in [3.8, 4) is 11.5 Å². The van der Waals surface area contributed by atoms with E-state index in [9.17, 15) is 24.5 Å². The van der Waals surface area contributed by atoms with Crippen molar-refractivity contribution in [3.63, 3.8) is 0 Å². The molecule has 1 amide bonds. The molecule has 4 N–H and O–H groups in total. The highest BCUT2D eigenvalue weighted by atomic mass is 19.1. The molecule has 1 aliphatic heterocycles. The van der Waals surface area contributed by atoms with Crippen LogP contribution in [-0.2, 0) is 6.42 Å². The molecule has 170 valence electrons. The van der Waals surface area contributed by atoms with Gasteiger partial charge in [-0.3, -0.25) is 4.79 Å². The number of amides is 1. The van der Waals surface area contributed by atoms with E-state index in [1.165, 1.54) is 18.2 Å². The molecule has 0 unspecified atom stereocenters. The standard InChI is InChI=1S/C25H28FNO5/c1-24(2)14-11-18(24)25(31)19(12-14)32-21-15(22(25)29)7-8-17(28)20(21)23(30)27-10-9-13-5-3-4-6-16(13)26/h3-8,14,18-19,22,28-29,31H,9-12H2,1-2H3,(H,27,30)/t14-,18-,19-,22+,25-/m1/s1. The summed E-state index contributed by atoms with van der Waals surface area (Å²) in [7, 11) is 0. The number of phenols is 1. The quantitative estimate of drug-likeness (QED) is 0.585. The molecule has 0 radical (unpaired) electrons. The number of aliphatic hydroxyl groups excluding tert-OH is 1. The number of rotatable bonds is 4. The van der Waals surface area contributed by atoms with Crippen molar-refractivity contribution < 1.29 is 29.2 Å². The molecule has 3 aliphatic carbocycles. The average molecular weight is 441 g/mol. The minimum atomic E-state index is -1.44. The number of aliphatic hydroxyl groups is 2. The van der Waals surface area contributed by atoms with Crippen LogP contribution in [0.5, 0.6) is 11.5 Å². The normalized spacial score (nSPS) is 31.5. The summed E-state index contributed by atoms with van der Waals surface area (Å²) in [5, 5.41) is 35.9. The summed E-state index contributed by atoms with van der Waals surface area (Å²) in [4.78, 5) is 12.9. The van der Waals surface area contributed by atoms with Crippen molar-refractivity contribution in [1.29, 1.82) is 0 Å². The van der Waals surface area contributed by atoms with E-state index in [4.69, 9.17) is 4.74 Å². The van der Waals surface area contributed by atoms with Crippen LogP contribution in [-0.4, -0.2) is 39.5 Å². The third-order valence-electron chi connectivity index (χ3n) is 8.07. The second-order valence-electron chi connectivity index (χ2n) is 9.91. The van der Waals surface area contributed by atoms with Gasteiger partial charge in [0.05, 0.1) is 0 Å². The molecular formula is C25H28FNO5. The van der Waals surface area contributed by atoms with Gasteiger partial charge in [-0.15, -0.1) is 0 Å². The molecule has 0 aromatic heterocycles. The number of phenolic OH excluding ortho intramolecular Hbond substituents is 1. The molecule has 2 aromatic rings. The molecule has 7 heteroatoms. The van der Waals surface area contributed by atoms with Gasteiger partial charge < -0.3 is 25.4 Å². The summed E-state index contributed by atoms with van der Waals surface area (Å²) in [6, 6.07) is 9.18. The maximum Gasteiger partial charge on any atom is 0.258 e. The molecule has 2 aromatic carbocycles. The maximum absolute atomic E-state index is 13.8. The van der Waals surface area contributed by atoms with E-state index >= 15 is 0 Å². The van der Waals surface area contributed by atoms with Crippen LogP contribution in [0.2, 0.25) is 0 Å². The highest BCUT2D eigenvalue weighted by Gasteiger charge is 2.69. The molecular weight excluding hydrogens is 413 g/mol. The van der Waals surface area contributed by atoms with Crippen LogP contribution < -0.4 is 10.1 Å². The van der Waals surface area contributed by atoms with Crippen molar-refractivity contribution in [2.75, 3.05) is 6.54 Å². The minimum Gasteiger partial charge on any atom is -0.507 e. The fourth-order valence-electron chi connectivity index (χ4n) is 6.02. The second kappa shape index (κ2) is 7.18. The summed E-state index contributed by atoms with van der Waals surface area (Å²) < 4.78 is 20.0. The van der Waals surface area contributed by atoms with Gasteiger partial charge in [-0.1, -0.05) is 32.0 Å². The highest BCUT2D eigenvalue weighted by Crippen LogP contribution is 2.67. The second-order valence-corrected chi connectivity index (χ2v) is 9.91. The monoisotopic (exact) mass is 441 g/mol. The van der Waals surface area contributed by atoms with Crippen LogP contribution >= 0.6 is 0 Å². The molecule has 0 spiro atoms. The molecule has 0 saturated heterocycles. The molecule has 1 heterocycles. The minimum absolute atomic E-state index is 0.0735. The number of fused-ring (bicyclic) bond motifs is 1. The number of benzene rings is 2. The van der Waals surface area contributed by atoms with E-state index in [-0.39, 0.29) is 40.8 Å². The Labute approximate surface area is 186 Å². The molecule has 3 fully saturated rings. The van der Waals surface area contributed by atoms with Gasteiger partial charge in [-0.25, -0.2) is 4.39 Å². The zero-order chi connectivity index (χ0) is 22.8. The lowest BCUT2D eigenvalue weighted by Crippen LogP contribution is -2.72. The summed E-state index contributed by atoms with van der Waals surface area (Å²) in [6.07, 6.45) is -0.197. The van der Waals surface area contributed by atoms with Crippen molar-refractivity contribution in [2.24, 2.45) is 17.3 Å². The van der Waals surface area contributed by atoms with Gasteiger partial charge in [-0.05, 0) is 60.3 Å². The van der Waals surface area contributed by atoms with Gasteiger partial charge in [0.2, 0.25) is 0 Å². The van der Waals surface area contributed by atoms with Crippen LogP contribution in [0, 0.1) is 23.1 Å².